The predicted octanol–water partition coefficient (Wildman–Crippen LogP) is 18.9. The lowest BCUT2D eigenvalue weighted by Gasteiger charge is -2.43. The first kappa shape index (κ1) is 47.0. The number of benzene rings is 9. The Labute approximate surface area is 451 Å². The predicted molar refractivity (Wildman–Crippen MR) is 329 cm³/mol. The van der Waals surface area contributed by atoms with E-state index in [9.17, 15) is 0 Å². The van der Waals surface area contributed by atoms with Crippen molar-refractivity contribution in [1.29, 1.82) is 0 Å². The van der Waals surface area contributed by atoms with Crippen molar-refractivity contribution in [3.8, 4) is 16.8 Å². The zero-order valence-corrected chi connectivity index (χ0v) is 46.7. The minimum absolute atomic E-state index is 0.0173. The fourth-order valence-electron chi connectivity index (χ4n) is 12.6. The lowest BCUT2D eigenvalue weighted by Crippen LogP contribution is -2.60. The summed E-state index contributed by atoms with van der Waals surface area (Å²) in [6, 6.07) is 65.0. The second-order valence-corrected chi connectivity index (χ2v) is 26.9. The highest BCUT2D eigenvalue weighted by Gasteiger charge is 2.46. The average Bonchev–Trinajstić information content (AvgIpc) is 4.10. The number of nitrogens with zero attached hydrogens (tertiary/aromatic N) is 3. The molecule has 2 aliphatic heterocycles. The SMILES string of the molecule is CC(C)(C)c1ccc(N(c2ccc(C(C)(C)C)cc2)c2ccc3c(c2)N(c2cccc4c2oc2ccccc24)B2c4c-3cc3c(sc5ccccc53)c4-n3c4ccc(C(C)(C)C)cc4c4cc(C(C)(C)C)cc2c43)cc1. The molecule has 12 aromatic rings. The van der Waals surface area contributed by atoms with Crippen LogP contribution in [0.4, 0.5) is 28.4 Å². The minimum Gasteiger partial charge on any atom is -0.454 e. The number of hydrogen-bond acceptors (Lipinski definition) is 4. The van der Waals surface area contributed by atoms with Gasteiger partial charge in [-0.15, -0.1) is 11.3 Å². The van der Waals surface area contributed by atoms with E-state index in [1.807, 2.05) is 11.3 Å². The summed E-state index contributed by atoms with van der Waals surface area (Å²) in [5, 5.41) is 7.44. The van der Waals surface area contributed by atoms with Crippen molar-refractivity contribution in [2.45, 2.75) is 105 Å². The highest BCUT2D eigenvalue weighted by molar-refractivity contribution is 7.26. The molecule has 2 aliphatic rings. The van der Waals surface area contributed by atoms with Crippen LogP contribution < -0.4 is 20.6 Å². The maximum Gasteiger partial charge on any atom is 0.333 e. The van der Waals surface area contributed by atoms with E-state index in [4.69, 9.17) is 4.42 Å². The molecule has 5 heterocycles. The van der Waals surface area contributed by atoms with E-state index < -0.39 is 0 Å². The Morgan fingerprint density at radius 1 is 0.447 bits per heavy atom. The Hall–Kier alpha value is -7.54. The third-order valence-electron chi connectivity index (χ3n) is 16.8. The monoisotopic (exact) mass is 1010 g/mol. The Bertz CT molecular complexity index is 4330. The normalized spacial score (nSPS) is 13.7. The highest BCUT2D eigenvalue weighted by Crippen LogP contribution is 2.53. The summed E-state index contributed by atoms with van der Waals surface area (Å²) in [6.07, 6.45) is 0. The van der Waals surface area contributed by atoms with Crippen LogP contribution in [0.15, 0.2) is 174 Å². The minimum atomic E-state index is -0.226. The summed E-state index contributed by atoms with van der Waals surface area (Å²) in [5.41, 5.74) is 21.4. The average molecular weight is 1010 g/mol. The molecule has 3 aromatic heterocycles. The van der Waals surface area contributed by atoms with Crippen molar-refractivity contribution in [2.75, 3.05) is 9.71 Å². The van der Waals surface area contributed by atoms with Gasteiger partial charge in [-0.05, 0) is 139 Å². The Morgan fingerprint density at radius 2 is 1.04 bits per heavy atom. The van der Waals surface area contributed by atoms with Gasteiger partial charge < -0.3 is 18.7 Å². The number of anilines is 5. The zero-order valence-electron chi connectivity index (χ0n) is 45.9. The molecule has 0 unspecified atom stereocenters. The Kier molecular flexibility index (Phi) is 9.89. The zero-order chi connectivity index (χ0) is 52.5. The molecular weight excluding hydrogens is 942 g/mol. The van der Waals surface area contributed by atoms with E-state index in [-0.39, 0.29) is 28.5 Å². The topological polar surface area (TPSA) is 24.6 Å². The molecule has 4 nitrogen and oxygen atoms in total. The van der Waals surface area contributed by atoms with E-state index in [0.29, 0.717) is 0 Å². The summed E-state index contributed by atoms with van der Waals surface area (Å²) in [5.74, 6) is 0. The van der Waals surface area contributed by atoms with E-state index in [1.165, 1.54) is 92.0 Å². The summed E-state index contributed by atoms with van der Waals surface area (Å²) >= 11 is 1.93. The molecule has 14 rings (SSSR count). The highest BCUT2D eigenvalue weighted by atomic mass is 32.1. The number of fused-ring (bicyclic) bond motifs is 14. The summed E-state index contributed by atoms with van der Waals surface area (Å²) in [7, 11) is 0. The fourth-order valence-corrected chi connectivity index (χ4v) is 13.8. The second kappa shape index (κ2) is 16.0. The molecule has 0 fully saturated rings. The number of furan rings is 1. The second-order valence-electron chi connectivity index (χ2n) is 25.8. The van der Waals surface area contributed by atoms with Gasteiger partial charge >= 0.3 is 6.85 Å². The molecule has 374 valence electrons. The van der Waals surface area contributed by atoms with E-state index in [1.54, 1.807) is 0 Å². The standard InChI is InChI=1S/C70H64BN3OS/c1-67(2,3)41-24-29-45(30-25-41)72(46-31-26-42(27-32-46)68(4,5)6)47-33-34-48-53-40-55-50-19-14-16-23-61(50)76-66(55)64-62(53)71(74(59(48)39-47)58-21-17-20-51-49-18-13-15-22-60(49)75-65(51)58)56-38-44(70(10,11)12)37-54-52-36-43(69(7,8)9)28-35-57(52)73(64)63(54)56/h13-40H,1-12H3. The molecule has 6 heteroatoms. The van der Waals surface area contributed by atoms with Crippen molar-refractivity contribution in [2.24, 2.45) is 0 Å². The van der Waals surface area contributed by atoms with Crippen LogP contribution in [-0.4, -0.2) is 11.4 Å². The molecular formula is C70H64BN3OS. The Morgan fingerprint density at radius 3 is 1.71 bits per heavy atom. The van der Waals surface area contributed by atoms with Crippen LogP contribution in [0.2, 0.25) is 0 Å². The molecule has 0 bridgehead atoms. The van der Waals surface area contributed by atoms with Gasteiger partial charge in [-0.25, -0.2) is 0 Å². The molecule has 9 aromatic carbocycles. The van der Waals surface area contributed by atoms with Crippen molar-refractivity contribution in [3.05, 3.63) is 192 Å². The smallest absolute Gasteiger partial charge is 0.333 e. The third kappa shape index (κ3) is 6.95. The van der Waals surface area contributed by atoms with Gasteiger partial charge in [0.15, 0.2) is 5.58 Å². The molecule has 0 atom stereocenters. The molecule has 76 heavy (non-hydrogen) atoms. The van der Waals surface area contributed by atoms with Crippen molar-refractivity contribution in [1.82, 2.24) is 4.57 Å². The number of aromatic nitrogens is 1. The lowest BCUT2D eigenvalue weighted by atomic mass is 9.43. The van der Waals surface area contributed by atoms with E-state index in [2.05, 4.69) is 267 Å². The Balaban J connectivity index is 1.14. The molecule has 0 saturated carbocycles. The third-order valence-corrected chi connectivity index (χ3v) is 18.0. The number of para-hydroxylation sites is 2. The maximum atomic E-state index is 7.14. The van der Waals surface area contributed by atoms with Crippen LogP contribution in [0.5, 0.6) is 0 Å². The number of hydrogen-bond donors (Lipinski definition) is 0. The number of rotatable bonds is 4. The van der Waals surface area contributed by atoms with Crippen LogP contribution in [0.25, 0.3) is 80.7 Å². The molecule has 0 N–H and O–H groups in total. The van der Waals surface area contributed by atoms with Gasteiger partial charge in [-0.3, -0.25) is 0 Å². The van der Waals surface area contributed by atoms with Crippen molar-refractivity contribution < 1.29 is 4.42 Å². The van der Waals surface area contributed by atoms with Gasteiger partial charge in [0.2, 0.25) is 0 Å². The fraction of sp³-hybridized carbons (Fsp3) is 0.229. The molecule has 0 spiro atoms. The summed E-state index contributed by atoms with van der Waals surface area (Å²) in [6.45, 7) is 27.6. The molecule has 0 aliphatic carbocycles. The molecule has 0 saturated heterocycles. The summed E-state index contributed by atoms with van der Waals surface area (Å²) in [4.78, 5) is 5.14. The van der Waals surface area contributed by atoms with Gasteiger partial charge in [0, 0.05) is 65.3 Å². The van der Waals surface area contributed by atoms with Gasteiger partial charge in [0.25, 0.3) is 0 Å². The number of thiophene rings is 1. The van der Waals surface area contributed by atoms with Crippen LogP contribution in [-0.2, 0) is 21.7 Å². The van der Waals surface area contributed by atoms with Gasteiger partial charge in [-0.2, -0.15) is 0 Å². The lowest BCUT2D eigenvalue weighted by molar-refractivity contribution is 0.590. The molecule has 0 radical (unpaired) electrons. The largest absolute Gasteiger partial charge is 0.454 e. The van der Waals surface area contributed by atoms with Crippen LogP contribution in [0.1, 0.15) is 105 Å². The van der Waals surface area contributed by atoms with Crippen LogP contribution in [0, 0.1) is 0 Å². The van der Waals surface area contributed by atoms with Crippen molar-refractivity contribution >= 4 is 121 Å². The van der Waals surface area contributed by atoms with Gasteiger partial charge in [0.05, 0.1) is 27.1 Å². The van der Waals surface area contributed by atoms with Crippen LogP contribution >= 0.6 is 11.3 Å². The first-order valence-corrected chi connectivity index (χ1v) is 28.0. The first-order chi connectivity index (χ1) is 36.2. The molecule has 0 amide bonds. The first-order valence-electron chi connectivity index (χ1n) is 27.2. The quantitative estimate of drug-likeness (QED) is 0.164. The van der Waals surface area contributed by atoms with Gasteiger partial charge in [-0.1, -0.05) is 174 Å². The van der Waals surface area contributed by atoms with Crippen molar-refractivity contribution in [3.63, 3.8) is 0 Å². The van der Waals surface area contributed by atoms with Gasteiger partial charge in [0.1, 0.15) is 5.58 Å². The van der Waals surface area contributed by atoms with E-state index >= 15 is 0 Å². The summed E-state index contributed by atoms with van der Waals surface area (Å²) < 4.78 is 12.4. The van der Waals surface area contributed by atoms with E-state index in [0.717, 1.165) is 50.4 Å². The van der Waals surface area contributed by atoms with Crippen LogP contribution in [0.3, 0.4) is 0 Å². The maximum absolute atomic E-state index is 7.14.